The average Bonchev–Trinajstić information content (AvgIpc) is 2.73. The highest BCUT2D eigenvalue weighted by Gasteiger charge is 2.36. The molecule has 0 spiro atoms. The fourth-order valence-corrected chi connectivity index (χ4v) is 2.89. The molecule has 2 rings (SSSR count). The smallest absolute Gasteiger partial charge is 0.242 e. The summed E-state index contributed by atoms with van der Waals surface area (Å²) in [6.45, 7) is 6.36. The second-order valence-corrected chi connectivity index (χ2v) is 6.15. The zero-order chi connectivity index (χ0) is 14.8. The number of ether oxygens (including phenoxy) is 2. The minimum absolute atomic E-state index is 0.00210. The van der Waals surface area contributed by atoms with Gasteiger partial charge in [0.05, 0.1) is 24.9 Å². The Morgan fingerprint density at radius 3 is 2.85 bits per heavy atom. The standard InChI is InChI=1S/C14H24N2O4/c1-14(2)10-16(7-11(20-14)9-19-3)13(18)8-15-6-4-5-12(15)17/h11H,4-10H2,1-3H3/t11-/m1/s1. The fraction of sp³-hybridized carbons (Fsp3) is 0.857. The van der Waals surface area contributed by atoms with Crippen LogP contribution in [0.5, 0.6) is 0 Å². The van der Waals surface area contributed by atoms with E-state index < -0.39 is 0 Å². The summed E-state index contributed by atoms with van der Waals surface area (Å²) < 4.78 is 11.0. The van der Waals surface area contributed by atoms with Gasteiger partial charge in [0, 0.05) is 33.2 Å². The topological polar surface area (TPSA) is 59.1 Å². The Morgan fingerprint density at radius 1 is 1.50 bits per heavy atom. The molecule has 1 atom stereocenters. The Balaban J connectivity index is 1.95. The number of hydrogen-bond donors (Lipinski definition) is 0. The van der Waals surface area contributed by atoms with Gasteiger partial charge in [0.25, 0.3) is 0 Å². The SMILES string of the molecule is COC[C@H]1CN(C(=O)CN2CCCC2=O)CC(C)(C)O1. The Hall–Kier alpha value is -1.14. The van der Waals surface area contributed by atoms with Gasteiger partial charge in [0.2, 0.25) is 11.8 Å². The maximum absolute atomic E-state index is 12.4. The Kier molecular flexibility index (Phi) is 4.65. The van der Waals surface area contributed by atoms with Crippen molar-refractivity contribution in [2.75, 3.05) is 39.9 Å². The largest absolute Gasteiger partial charge is 0.382 e. The van der Waals surface area contributed by atoms with E-state index >= 15 is 0 Å². The second-order valence-electron chi connectivity index (χ2n) is 6.15. The Morgan fingerprint density at radius 2 is 2.25 bits per heavy atom. The molecule has 2 aliphatic rings. The van der Waals surface area contributed by atoms with Gasteiger partial charge in [0.15, 0.2) is 0 Å². The van der Waals surface area contributed by atoms with Crippen molar-refractivity contribution in [2.24, 2.45) is 0 Å². The molecular formula is C14H24N2O4. The first kappa shape index (κ1) is 15.3. The Labute approximate surface area is 120 Å². The van der Waals surface area contributed by atoms with Crippen molar-refractivity contribution >= 4 is 11.8 Å². The van der Waals surface area contributed by atoms with Crippen LogP contribution in [-0.4, -0.2) is 73.2 Å². The molecule has 6 heteroatoms. The lowest BCUT2D eigenvalue weighted by atomic mass is 10.1. The van der Waals surface area contributed by atoms with E-state index in [1.54, 1.807) is 16.9 Å². The zero-order valence-electron chi connectivity index (χ0n) is 12.6. The van der Waals surface area contributed by atoms with Crippen molar-refractivity contribution in [1.29, 1.82) is 0 Å². The van der Waals surface area contributed by atoms with Crippen molar-refractivity contribution < 1.29 is 19.1 Å². The van der Waals surface area contributed by atoms with Crippen molar-refractivity contribution in [3.05, 3.63) is 0 Å². The number of likely N-dealkylation sites (tertiary alicyclic amines) is 1. The van der Waals surface area contributed by atoms with Gasteiger partial charge in [-0.1, -0.05) is 0 Å². The quantitative estimate of drug-likeness (QED) is 0.743. The summed E-state index contributed by atoms with van der Waals surface area (Å²) in [7, 11) is 1.63. The maximum atomic E-state index is 12.4. The summed E-state index contributed by atoms with van der Waals surface area (Å²) >= 11 is 0. The molecule has 0 N–H and O–H groups in total. The van der Waals surface area contributed by atoms with Gasteiger partial charge in [-0.15, -0.1) is 0 Å². The van der Waals surface area contributed by atoms with Gasteiger partial charge >= 0.3 is 0 Å². The molecule has 0 aromatic heterocycles. The van der Waals surface area contributed by atoms with E-state index in [4.69, 9.17) is 9.47 Å². The van der Waals surface area contributed by atoms with E-state index in [9.17, 15) is 9.59 Å². The highest BCUT2D eigenvalue weighted by atomic mass is 16.5. The highest BCUT2D eigenvalue weighted by molar-refractivity contribution is 5.86. The molecule has 0 aromatic carbocycles. The number of carbonyl (C=O) groups is 2. The zero-order valence-corrected chi connectivity index (χ0v) is 12.6. The summed E-state index contributed by atoms with van der Waals surface area (Å²) in [5.74, 6) is 0.0806. The molecule has 0 aromatic rings. The monoisotopic (exact) mass is 284 g/mol. The van der Waals surface area contributed by atoms with Crippen LogP contribution in [0.1, 0.15) is 26.7 Å². The van der Waals surface area contributed by atoms with Crippen LogP contribution >= 0.6 is 0 Å². The molecule has 2 saturated heterocycles. The maximum Gasteiger partial charge on any atom is 0.242 e. The molecule has 0 unspecified atom stereocenters. The van der Waals surface area contributed by atoms with Crippen molar-refractivity contribution in [1.82, 2.24) is 9.80 Å². The molecular weight excluding hydrogens is 260 g/mol. The van der Waals surface area contributed by atoms with Crippen LogP contribution in [0.2, 0.25) is 0 Å². The summed E-state index contributed by atoms with van der Waals surface area (Å²) in [4.78, 5) is 27.4. The first-order valence-corrected chi connectivity index (χ1v) is 7.13. The van der Waals surface area contributed by atoms with E-state index in [1.165, 1.54) is 0 Å². The summed E-state index contributed by atoms with van der Waals surface area (Å²) in [6.07, 6.45) is 1.31. The number of carbonyl (C=O) groups excluding carboxylic acids is 2. The van der Waals surface area contributed by atoms with Crippen molar-refractivity contribution in [3.63, 3.8) is 0 Å². The molecule has 0 radical (unpaired) electrons. The molecule has 2 heterocycles. The normalized spacial score (nSPS) is 26.1. The van der Waals surface area contributed by atoms with Crippen LogP contribution in [0.25, 0.3) is 0 Å². The van der Waals surface area contributed by atoms with E-state index in [2.05, 4.69) is 0 Å². The van der Waals surface area contributed by atoms with Gasteiger partial charge in [-0.05, 0) is 20.3 Å². The number of nitrogens with zero attached hydrogens (tertiary/aromatic N) is 2. The predicted octanol–water partition coefficient (Wildman–Crippen LogP) is 0.261. The fourth-order valence-electron chi connectivity index (χ4n) is 2.89. The average molecular weight is 284 g/mol. The van der Waals surface area contributed by atoms with E-state index in [1.807, 2.05) is 13.8 Å². The molecule has 2 amide bonds. The molecule has 2 fully saturated rings. The number of methoxy groups -OCH3 is 1. The van der Waals surface area contributed by atoms with Crippen molar-refractivity contribution in [3.8, 4) is 0 Å². The van der Waals surface area contributed by atoms with E-state index in [-0.39, 0.29) is 30.1 Å². The molecule has 114 valence electrons. The number of morpholine rings is 1. The lowest BCUT2D eigenvalue weighted by Gasteiger charge is -2.43. The van der Waals surface area contributed by atoms with Gasteiger partial charge < -0.3 is 19.3 Å². The van der Waals surface area contributed by atoms with Crippen LogP contribution in [-0.2, 0) is 19.1 Å². The minimum atomic E-state index is -0.383. The summed E-state index contributed by atoms with van der Waals surface area (Å²) in [6, 6.07) is 0. The molecule has 0 saturated carbocycles. The predicted molar refractivity (Wildman–Crippen MR) is 73.2 cm³/mol. The van der Waals surface area contributed by atoms with Crippen LogP contribution in [0.4, 0.5) is 0 Å². The molecule has 2 aliphatic heterocycles. The lowest BCUT2D eigenvalue weighted by molar-refractivity contribution is -0.169. The Bertz CT molecular complexity index is 383. The van der Waals surface area contributed by atoms with Gasteiger partial charge in [-0.3, -0.25) is 9.59 Å². The molecule has 6 nitrogen and oxygen atoms in total. The molecule has 20 heavy (non-hydrogen) atoms. The lowest BCUT2D eigenvalue weighted by Crippen LogP contribution is -2.57. The number of rotatable bonds is 4. The van der Waals surface area contributed by atoms with Gasteiger partial charge in [0.1, 0.15) is 0 Å². The third-order valence-electron chi connectivity index (χ3n) is 3.68. The first-order valence-electron chi connectivity index (χ1n) is 7.13. The van der Waals surface area contributed by atoms with Gasteiger partial charge in [-0.2, -0.15) is 0 Å². The number of amides is 2. The van der Waals surface area contributed by atoms with Gasteiger partial charge in [-0.25, -0.2) is 0 Å². The first-order chi connectivity index (χ1) is 9.41. The summed E-state index contributed by atoms with van der Waals surface area (Å²) in [5, 5.41) is 0. The van der Waals surface area contributed by atoms with Crippen LogP contribution in [0, 0.1) is 0 Å². The molecule has 0 bridgehead atoms. The third-order valence-corrected chi connectivity index (χ3v) is 3.68. The van der Waals surface area contributed by atoms with E-state index in [0.717, 1.165) is 6.42 Å². The third kappa shape index (κ3) is 3.70. The summed E-state index contributed by atoms with van der Waals surface area (Å²) in [5.41, 5.74) is -0.383. The van der Waals surface area contributed by atoms with E-state index in [0.29, 0.717) is 32.7 Å². The van der Waals surface area contributed by atoms with Crippen LogP contribution < -0.4 is 0 Å². The minimum Gasteiger partial charge on any atom is -0.382 e. The van der Waals surface area contributed by atoms with Crippen LogP contribution in [0.3, 0.4) is 0 Å². The molecule has 0 aliphatic carbocycles. The second kappa shape index (κ2) is 6.10. The van der Waals surface area contributed by atoms with Crippen molar-refractivity contribution in [2.45, 2.75) is 38.4 Å². The van der Waals surface area contributed by atoms with Crippen LogP contribution in [0.15, 0.2) is 0 Å². The highest BCUT2D eigenvalue weighted by Crippen LogP contribution is 2.22. The number of hydrogen-bond acceptors (Lipinski definition) is 4.